The van der Waals surface area contributed by atoms with E-state index < -0.39 is 0 Å². The Morgan fingerprint density at radius 3 is 2.41 bits per heavy atom. The van der Waals surface area contributed by atoms with Crippen LogP contribution in [0.25, 0.3) is 6.08 Å². The normalized spacial score (nSPS) is 15.1. The molecular weight excluding hydrogens is 206 g/mol. The van der Waals surface area contributed by atoms with Gasteiger partial charge in [-0.2, -0.15) is 0 Å². The van der Waals surface area contributed by atoms with Crippen LogP contribution in [-0.4, -0.2) is 6.04 Å². The molecule has 0 amide bonds. The van der Waals surface area contributed by atoms with Gasteiger partial charge in [-0.3, -0.25) is 0 Å². The highest BCUT2D eigenvalue weighted by molar-refractivity contribution is 5.54. The molecule has 1 rings (SSSR count). The predicted molar refractivity (Wildman–Crippen MR) is 77.0 cm³/mol. The largest absolute Gasteiger partial charge is 0.327 e. The highest BCUT2D eigenvalue weighted by Gasteiger charge is 2.10. The van der Waals surface area contributed by atoms with Gasteiger partial charge in [0.25, 0.3) is 0 Å². The van der Waals surface area contributed by atoms with E-state index in [9.17, 15) is 0 Å². The van der Waals surface area contributed by atoms with Crippen molar-refractivity contribution in [3.63, 3.8) is 0 Å². The Morgan fingerprint density at radius 1 is 1.18 bits per heavy atom. The molecule has 0 radical (unpaired) electrons. The van der Waals surface area contributed by atoms with E-state index in [0.717, 1.165) is 12.8 Å². The summed E-state index contributed by atoms with van der Waals surface area (Å²) in [5.41, 5.74) is 10.1. The first-order valence-electron chi connectivity index (χ1n) is 6.59. The molecule has 17 heavy (non-hydrogen) atoms. The summed E-state index contributed by atoms with van der Waals surface area (Å²) in [5, 5.41) is 0. The van der Waals surface area contributed by atoms with Crippen LogP contribution in [0.15, 0.2) is 24.3 Å². The minimum Gasteiger partial charge on any atom is -0.327 e. The molecule has 0 spiro atoms. The Labute approximate surface area is 106 Å². The van der Waals surface area contributed by atoms with Crippen LogP contribution in [-0.2, 0) is 0 Å². The maximum Gasteiger partial charge on any atom is 0.00993 e. The second-order valence-corrected chi connectivity index (χ2v) is 4.86. The van der Waals surface area contributed by atoms with Gasteiger partial charge in [0.15, 0.2) is 0 Å². The van der Waals surface area contributed by atoms with Crippen molar-refractivity contribution < 1.29 is 0 Å². The second-order valence-electron chi connectivity index (χ2n) is 4.86. The molecule has 0 aromatic heterocycles. The zero-order chi connectivity index (χ0) is 12.8. The highest BCUT2D eigenvalue weighted by Crippen LogP contribution is 2.17. The highest BCUT2D eigenvalue weighted by atomic mass is 14.6. The molecule has 0 aliphatic heterocycles. The third kappa shape index (κ3) is 4.01. The van der Waals surface area contributed by atoms with Crippen LogP contribution in [0.3, 0.4) is 0 Å². The van der Waals surface area contributed by atoms with E-state index in [1.54, 1.807) is 0 Å². The first-order chi connectivity index (χ1) is 8.08. The maximum atomic E-state index is 6.10. The van der Waals surface area contributed by atoms with Gasteiger partial charge >= 0.3 is 0 Å². The molecule has 2 unspecified atom stereocenters. The smallest absolute Gasteiger partial charge is 0.00993 e. The Bertz CT molecular complexity index is 379. The zero-order valence-corrected chi connectivity index (χ0v) is 11.5. The summed E-state index contributed by atoms with van der Waals surface area (Å²) in [6.45, 7) is 8.64. The number of hydrogen-bond acceptors (Lipinski definition) is 1. The molecule has 94 valence electrons. The number of rotatable bonds is 5. The van der Waals surface area contributed by atoms with Gasteiger partial charge in [-0.05, 0) is 43.7 Å². The first kappa shape index (κ1) is 14.0. The van der Waals surface area contributed by atoms with Gasteiger partial charge in [0.2, 0.25) is 0 Å². The standard InChI is InChI=1S/C16H25N/c1-5-14(16(17)6-2)9-10-15-8-7-12(3)11-13(15)4/h7-11,14,16H,5-6,17H2,1-4H3. The average Bonchev–Trinajstić information content (AvgIpc) is 2.31. The van der Waals surface area contributed by atoms with E-state index in [4.69, 9.17) is 5.73 Å². The molecule has 0 saturated heterocycles. The average molecular weight is 231 g/mol. The van der Waals surface area contributed by atoms with E-state index in [1.165, 1.54) is 16.7 Å². The predicted octanol–water partition coefficient (Wildman–Crippen LogP) is 4.08. The van der Waals surface area contributed by atoms with Gasteiger partial charge in [0, 0.05) is 6.04 Å². The second kappa shape index (κ2) is 6.61. The Balaban J connectivity index is 2.81. The van der Waals surface area contributed by atoms with Gasteiger partial charge in [-0.1, -0.05) is 49.8 Å². The third-order valence-corrected chi connectivity index (χ3v) is 3.44. The Kier molecular flexibility index (Phi) is 5.43. The van der Waals surface area contributed by atoms with E-state index >= 15 is 0 Å². The minimum atomic E-state index is 0.280. The molecule has 1 aromatic rings. The first-order valence-corrected chi connectivity index (χ1v) is 6.59. The zero-order valence-electron chi connectivity index (χ0n) is 11.5. The quantitative estimate of drug-likeness (QED) is 0.812. The van der Waals surface area contributed by atoms with Crippen molar-refractivity contribution in [1.82, 2.24) is 0 Å². The molecule has 0 heterocycles. The van der Waals surface area contributed by atoms with Crippen molar-refractivity contribution in [3.8, 4) is 0 Å². The SMILES string of the molecule is CCC(N)C(C=Cc1ccc(C)cc1C)CC. The van der Waals surface area contributed by atoms with Gasteiger partial charge in [-0.25, -0.2) is 0 Å². The van der Waals surface area contributed by atoms with Crippen molar-refractivity contribution in [2.45, 2.75) is 46.6 Å². The van der Waals surface area contributed by atoms with Crippen LogP contribution in [0.4, 0.5) is 0 Å². The molecule has 2 N–H and O–H groups in total. The summed E-state index contributed by atoms with van der Waals surface area (Å²) in [4.78, 5) is 0. The lowest BCUT2D eigenvalue weighted by molar-refractivity contribution is 0.477. The van der Waals surface area contributed by atoms with Crippen molar-refractivity contribution in [1.29, 1.82) is 0 Å². The molecule has 0 bridgehead atoms. The van der Waals surface area contributed by atoms with Crippen LogP contribution >= 0.6 is 0 Å². The molecule has 0 fully saturated rings. The Hall–Kier alpha value is -1.08. The topological polar surface area (TPSA) is 26.0 Å². The molecular formula is C16H25N. The van der Waals surface area contributed by atoms with Crippen LogP contribution in [0.5, 0.6) is 0 Å². The van der Waals surface area contributed by atoms with Gasteiger partial charge in [-0.15, -0.1) is 0 Å². The van der Waals surface area contributed by atoms with Gasteiger partial charge in [0.05, 0.1) is 0 Å². The van der Waals surface area contributed by atoms with E-state index in [0.29, 0.717) is 5.92 Å². The summed E-state index contributed by atoms with van der Waals surface area (Å²) < 4.78 is 0. The number of hydrogen-bond donors (Lipinski definition) is 1. The molecule has 1 heteroatoms. The van der Waals surface area contributed by atoms with E-state index in [2.05, 4.69) is 58.0 Å². The molecule has 0 aliphatic carbocycles. The molecule has 1 aromatic carbocycles. The van der Waals surface area contributed by atoms with Gasteiger partial charge in [0.1, 0.15) is 0 Å². The molecule has 0 aliphatic rings. The van der Waals surface area contributed by atoms with E-state index in [1.807, 2.05) is 0 Å². The molecule has 1 nitrogen and oxygen atoms in total. The fraction of sp³-hybridized carbons (Fsp3) is 0.500. The monoisotopic (exact) mass is 231 g/mol. The van der Waals surface area contributed by atoms with Crippen LogP contribution in [0.1, 0.15) is 43.4 Å². The van der Waals surface area contributed by atoms with Crippen molar-refractivity contribution >= 4 is 6.08 Å². The van der Waals surface area contributed by atoms with Crippen molar-refractivity contribution in [2.24, 2.45) is 11.7 Å². The molecule has 0 saturated carbocycles. The van der Waals surface area contributed by atoms with Crippen LogP contribution < -0.4 is 5.73 Å². The lowest BCUT2D eigenvalue weighted by Gasteiger charge is -2.17. The van der Waals surface area contributed by atoms with Crippen molar-refractivity contribution in [3.05, 3.63) is 41.0 Å². The van der Waals surface area contributed by atoms with E-state index in [-0.39, 0.29) is 6.04 Å². The lowest BCUT2D eigenvalue weighted by Crippen LogP contribution is -2.27. The summed E-state index contributed by atoms with van der Waals surface area (Å²) in [7, 11) is 0. The summed E-state index contributed by atoms with van der Waals surface area (Å²) in [5.74, 6) is 0.487. The fourth-order valence-electron chi connectivity index (χ4n) is 2.12. The molecule has 2 atom stereocenters. The Morgan fingerprint density at radius 2 is 1.88 bits per heavy atom. The van der Waals surface area contributed by atoms with Crippen molar-refractivity contribution in [2.75, 3.05) is 0 Å². The fourth-order valence-corrected chi connectivity index (χ4v) is 2.12. The van der Waals surface area contributed by atoms with Crippen LogP contribution in [0, 0.1) is 19.8 Å². The summed E-state index contributed by atoms with van der Waals surface area (Å²) >= 11 is 0. The summed E-state index contributed by atoms with van der Waals surface area (Å²) in [6, 6.07) is 6.85. The van der Waals surface area contributed by atoms with Crippen LogP contribution in [0.2, 0.25) is 0 Å². The number of aryl methyl sites for hydroxylation is 2. The third-order valence-electron chi connectivity index (χ3n) is 3.44. The lowest BCUT2D eigenvalue weighted by atomic mass is 9.94. The van der Waals surface area contributed by atoms with Gasteiger partial charge < -0.3 is 5.73 Å². The maximum absolute atomic E-state index is 6.10. The number of benzene rings is 1. The number of nitrogens with two attached hydrogens (primary N) is 1. The summed E-state index contributed by atoms with van der Waals surface area (Å²) in [6.07, 6.45) is 6.64. The minimum absolute atomic E-state index is 0.280.